The van der Waals surface area contributed by atoms with Crippen LogP contribution in [0.25, 0.3) is 0 Å². The summed E-state index contributed by atoms with van der Waals surface area (Å²) in [5, 5.41) is 3.88. The van der Waals surface area contributed by atoms with Gasteiger partial charge in [-0.2, -0.15) is 0 Å². The molecule has 95 valence electrons. The summed E-state index contributed by atoms with van der Waals surface area (Å²) >= 11 is 0. The maximum atomic E-state index is 10.6. The largest absolute Gasteiger partial charge is 0.350 e. The fourth-order valence-corrected chi connectivity index (χ4v) is 1.88. The summed E-state index contributed by atoms with van der Waals surface area (Å²) in [6.45, 7) is 4.29. The van der Waals surface area contributed by atoms with Crippen LogP contribution in [0.2, 0.25) is 0 Å². The van der Waals surface area contributed by atoms with Crippen molar-refractivity contribution in [3.63, 3.8) is 0 Å². The number of nitrogens with zero attached hydrogens (tertiary/aromatic N) is 1. The van der Waals surface area contributed by atoms with Gasteiger partial charge in [0.25, 0.3) is 0 Å². The number of urea groups is 1. The van der Waals surface area contributed by atoms with Gasteiger partial charge in [0.1, 0.15) is 0 Å². The average Bonchev–Trinajstić information content (AvgIpc) is 2.25. The van der Waals surface area contributed by atoms with Gasteiger partial charge >= 0.3 is 6.03 Å². The average molecular weight is 227 g/mol. The number of nitrogens with two attached hydrogens (primary N) is 1. The molecule has 0 aliphatic rings. The van der Waals surface area contributed by atoms with E-state index < -0.39 is 6.03 Å². The molecule has 0 aliphatic carbocycles. The van der Waals surface area contributed by atoms with Crippen LogP contribution in [0.15, 0.2) is 0 Å². The zero-order valence-corrected chi connectivity index (χ0v) is 10.9. The van der Waals surface area contributed by atoms with Gasteiger partial charge in [0.15, 0.2) is 0 Å². The topological polar surface area (TPSA) is 57.2 Å². The standard InChI is InChI=1S/C13H27N2O/c1-3-5-6-7-8-9-10-11-12(4-2)15-13(14)16/h12H,3-11H2,1-2H3,(H2,14,16). The normalized spacial score (nSPS) is 12.4. The van der Waals surface area contributed by atoms with E-state index in [1.165, 1.54) is 44.9 Å². The number of rotatable bonds is 10. The van der Waals surface area contributed by atoms with Crippen LogP contribution >= 0.6 is 0 Å². The van der Waals surface area contributed by atoms with Crippen LogP contribution in [0.4, 0.5) is 4.79 Å². The van der Waals surface area contributed by atoms with Crippen LogP contribution < -0.4 is 11.1 Å². The number of amides is 2. The lowest BCUT2D eigenvalue weighted by atomic mass is 10.0. The quantitative estimate of drug-likeness (QED) is 0.570. The van der Waals surface area contributed by atoms with E-state index in [9.17, 15) is 4.79 Å². The number of hydrogen-bond acceptors (Lipinski definition) is 1. The zero-order valence-electron chi connectivity index (χ0n) is 10.9. The molecule has 16 heavy (non-hydrogen) atoms. The molecule has 2 amide bonds. The number of unbranched alkanes of at least 4 members (excludes halogenated alkanes) is 6. The van der Waals surface area contributed by atoms with Gasteiger partial charge in [0.05, 0.1) is 6.04 Å². The van der Waals surface area contributed by atoms with Crippen molar-refractivity contribution < 1.29 is 4.79 Å². The van der Waals surface area contributed by atoms with Crippen LogP contribution in [-0.4, -0.2) is 12.1 Å². The fourth-order valence-electron chi connectivity index (χ4n) is 1.88. The molecule has 0 heterocycles. The summed E-state index contributed by atoms with van der Waals surface area (Å²) in [5.41, 5.74) is 5.05. The second-order valence-corrected chi connectivity index (χ2v) is 4.44. The summed E-state index contributed by atoms with van der Waals surface area (Å²) in [6.07, 6.45) is 11.0. The third-order valence-electron chi connectivity index (χ3n) is 2.92. The smallest absolute Gasteiger partial charge is 0.334 e. The van der Waals surface area contributed by atoms with Crippen LogP contribution in [0.1, 0.15) is 71.6 Å². The molecule has 0 saturated heterocycles. The number of carbonyl (C=O) groups excluding carboxylic acids is 1. The minimum absolute atomic E-state index is 0.146. The van der Waals surface area contributed by atoms with Gasteiger partial charge in [-0.3, -0.25) is 0 Å². The Morgan fingerprint density at radius 1 is 1.06 bits per heavy atom. The molecule has 0 rings (SSSR count). The van der Waals surface area contributed by atoms with Crippen molar-refractivity contribution in [3.05, 3.63) is 0 Å². The predicted molar refractivity (Wildman–Crippen MR) is 68.4 cm³/mol. The maximum absolute atomic E-state index is 10.6. The molecular formula is C13H27N2O. The van der Waals surface area contributed by atoms with E-state index in [2.05, 4.69) is 19.2 Å². The number of carbonyl (C=O) groups is 1. The second kappa shape index (κ2) is 10.8. The highest BCUT2D eigenvalue weighted by molar-refractivity contribution is 5.71. The van der Waals surface area contributed by atoms with Gasteiger partial charge in [-0.15, -0.1) is 0 Å². The lowest BCUT2D eigenvalue weighted by Crippen LogP contribution is -2.31. The molecule has 3 heteroatoms. The SMILES string of the molecule is CCCCCCCCCC(CC)[N]C(N)=O. The van der Waals surface area contributed by atoms with E-state index >= 15 is 0 Å². The Hall–Kier alpha value is -0.730. The summed E-state index contributed by atoms with van der Waals surface area (Å²) in [5.74, 6) is 0. The Morgan fingerprint density at radius 3 is 2.12 bits per heavy atom. The molecule has 0 saturated carbocycles. The molecular weight excluding hydrogens is 200 g/mol. The Labute approximate surface area is 100 Å². The molecule has 0 aromatic rings. The first-order valence-corrected chi connectivity index (χ1v) is 6.71. The van der Waals surface area contributed by atoms with E-state index in [0.717, 1.165) is 12.8 Å². The molecule has 0 aromatic heterocycles. The lowest BCUT2D eigenvalue weighted by molar-refractivity contribution is 0.242. The first-order valence-electron chi connectivity index (χ1n) is 6.71. The van der Waals surface area contributed by atoms with Gasteiger partial charge in [-0.25, -0.2) is 10.1 Å². The second-order valence-electron chi connectivity index (χ2n) is 4.44. The molecule has 3 nitrogen and oxygen atoms in total. The highest BCUT2D eigenvalue weighted by atomic mass is 16.2. The Morgan fingerprint density at radius 2 is 1.62 bits per heavy atom. The van der Waals surface area contributed by atoms with Crippen LogP contribution in [0.3, 0.4) is 0 Å². The minimum Gasteiger partial charge on any atom is -0.350 e. The first-order chi connectivity index (χ1) is 7.70. The first kappa shape index (κ1) is 15.3. The Balaban J connectivity index is 3.31. The molecule has 1 atom stereocenters. The molecule has 0 aromatic carbocycles. The van der Waals surface area contributed by atoms with Crippen LogP contribution in [0, 0.1) is 0 Å². The van der Waals surface area contributed by atoms with Crippen molar-refractivity contribution >= 4 is 6.03 Å². The molecule has 0 aliphatic heterocycles. The van der Waals surface area contributed by atoms with Gasteiger partial charge in [-0.1, -0.05) is 58.8 Å². The van der Waals surface area contributed by atoms with E-state index in [-0.39, 0.29) is 6.04 Å². The van der Waals surface area contributed by atoms with Gasteiger partial charge in [-0.05, 0) is 12.8 Å². The van der Waals surface area contributed by atoms with Crippen molar-refractivity contribution in [2.75, 3.05) is 0 Å². The van der Waals surface area contributed by atoms with Crippen molar-refractivity contribution in [2.24, 2.45) is 5.73 Å². The van der Waals surface area contributed by atoms with Crippen molar-refractivity contribution in [1.29, 1.82) is 0 Å². The van der Waals surface area contributed by atoms with E-state index in [1.54, 1.807) is 0 Å². The zero-order chi connectivity index (χ0) is 12.2. The summed E-state index contributed by atoms with van der Waals surface area (Å²) in [6, 6.07) is -0.372. The molecule has 1 radical (unpaired) electrons. The van der Waals surface area contributed by atoms with Gasteiger partial charge in [0.2, 0.25) is 0 Å². The monoisotopic (exact) mass is 227 g/mol. The van der Waals surface area contributed by atoms with E-state index in [0.29, 0.717) is 0 Å². The molecule has 0 fully saturated rings. The fraction of sp³-hybridized carbons (Fsp3) is 0.923. The summed E-state index contributed by atoms with van der Waals surface area (Å²) < 4.78 is 0. The third-order valence-corrected chi connectivity index (χ3v) is 2.92. The summed E-state index contributed by atoms with van der Waals surface area (Å²) in [4.78, 5) is 10.6. The van der Waals surface area contributed by atoms with Gasteiger partial charge < -0.3 is 5.73 Å². The third kappa shape index (κ3) is 9.81. The van der Waals surface area contributed by atoms with Crippen molar-refractivity contribution in [3.8, 4) is 0 Å². The van der Waals surface area contributed by atoms with E-state index in [4.69, 9.17) is 5.73 Å². The minimum atomic E-state index is -0.519. The number of hydrogen-bond donors (Lipinski definition) is 1. The van der Waals surface area contributed by atoms with Crippen LogP contribution in [0.5, 0.6) is 0 Å². The molecule has 1 unspecified atom stereocenters. The highest BCUT2D eigenvalue weighted by Gasteiger charge is 2.09. The molecule has 0 spiro atoms. The maximum Gasteiger partial charge on any atom is 0.334 e. The predicted octanol–water partition coefficient (Wildman–Crippen LogP) is 3.59. The molecule has 2 N–H and O–H groups in total. The lowest BCUT2D eigenvalue weighted by Gasteiger charge is -2.12. The molecule has 0 bridgehead atoms. The number of primary amides is 1. The van der Waals surface area contributed by atoms with Crippen molar-refractivity contribution in [2.45, 2.75) is 77.7 Å². The Kier molecular flexibility index (Phi) is 10.3. The summed E-state index contributed by atoms with van der Waals surface area (Å²) in [7, 11) is 0. The van der Waals surface area contributed by atoms with Crippen LogP contribution in [-0.2, 0) is 0 Å². The van der Waals surface area contributed by atoms with E-state index in [1.807, 2.05) is 0 Å². The Bertz CT molecular complexity index is 171. The van der Waals surface area contributed by atoms with Crippen molar-refractivity contribution in [1.82, 2.24) is 5.32 Å². The highest BCUT2D eigenvalue weighted by Crippen LogP contribution is 2.11. The van der Waals surface area contributed by atoms with Gasteiger partial charge in [0, 0.05) is 0 Å².